The quantitative estimate of drug-likeness (QED) is 0.714. The summed E-state index contributed by atoms with van der Waals surface area (Å²) in [4.78, 5) is 12.5. The van der Waals surface area contributed by atoms with Gasteiger partial charge in [-0.2, -0.15) is 0 Å². The largest absolute Gasteiger partial charge is 0.378 e. The molecule has 0 radical (unpaired) electrons. The van der Waals surface area contributed by atoms with E-state index in [1.165, 1.54) is 0 Å². The zero-order valence-corrected chi connectivity index (χ0v) is 9.01. The lowest BCUT2D eigenvalue weighted by Gasteiger charge is -2.17. The van der Waals surface area contributed by atoms with Gasteiger partial charge in [0.05, 0.1) is 5.02 Å². The van der Waals surface area contributed by atoms with Gasteiger partial charge in [-0.3, -0.25) is 4.79 Å². The number of aldehydes is 1. The summed E-state index contributed by atoms with van der Waals surface area (Å²) < 4.78 is 0. The van der Waals surface area contributed by atoms with Crippen LogP contribution in [0.2, 0.25) is 5.02 Å². The molecule has 0 saturated carbocycles. The lowest BCUT2D eigenvalue weighted by atomic mass is 10.1. The zero-order valence-electron chi connectivity index (χ0n) is 8.25. The molecule has 0 aliphatic heterocycles. The van der Waals surface area contributed by atoms with Crippen LogP contribution < -0.4 is 0 Å². The summed E-state index contributed by atoms with van der Waals surface area (Å²) in [7, 11) is 3.76. The van der Waals surface area contributed by atoms with Gasteiger partial charge in [0.1, 0.15) is 0 Å². The molecule has 2 nitrogen and oxygen atoms in total. The van der Waals surface area contributed by atoms with E-state index in [0.717, 1.165) is 17.5 Å². The number of rotatable bonds is 3. The Morgan fingerprint density at radius 2 is 2.14 bits per heavy atom. The lowest BCUT2D eigenvalue weighted by molar-refractivity contribution is 0.112. The molecule has 1 rings (SSSR count). The molecule has 0 atom stereocenters. The summed E-state index contributed by atoms with van der Waals surface area (Å²) in [5, 5.41) is 0.459. The Morgan fingerprint density at radius 1 is 1.50 bits per heavy atom. The molecular weight excluding hydrogens is 198 g/mol. The molecule has 1 aromatic carbocycles. The fraction of sp³-hybridized carbons (Fsp3) is 0.182. The minimum absolute atomic E-state index is 0.459. The number of hydrogen-bond acceptors (Lipinski definition) is 2. The predicted octanol–water partition coefficient (Wildman–Crippen LogP) is 2.68. The van der Waals surface area contributed by atoms with E-state index in [9.17, 15) is 4.79 Å². The van der Waals surface area contributed by atoms with Gasteiger partial charge < -0.3 is 4.90 Å². The first-order valence-corrected chi connectivity index (χ1v) is 4.56. The van der Waals surface area contributed by atoms with Crippen molar-refractivity contribution in [3.63, 3.8) is 0 Å². The van der Waals surface area contributed by atoms with Crippen molar-refractivity contribution in [1.82, 2.24) is 4.90 Å². The summed E-state index contributed by atoms with van der Waals surface area (Å²) >= 11 is 6.03. The van der Waals surface area contributed by atoms with Gasteiger partial charge in [0, 0.05) is 30.9 Å². The van der Waals surface area contributed by atoms with Crippen molar-refractivity contribution in [1.29, 1.82) is 0 Å². The second kappa shape index (κ2) is 4.29. The Labute approximate surface area is 88.8 Å². The van der Waals surface area contributed by atoms with Gasteiger partial charge in [0.15, 0.2) is 6.29 Å². The van der Waals surface area contributed by atoms with Crippen molar-refractivity contribution in [2.24, 2.45) is 0 Å². The maximum absolute atomic E-state index is 10.6. The van der Waals surface area contributed by atoms with Crippen LogP contribution in [0, 0.1) is 0 Å². The highest BCUT2D eigenvalue weighted by Gasteiger charge is 2.09. The van der Waals surface area contributed by atoms with Crippen molar-refractivity contribution in [2.75, 3.05) is 14.1 Å². The van der Waals surface area contributed by atoms with Crippen molar-refractivity contribution in [3.05, 3.63) is 40.9 Å². The van der Waals surface area contributed by atoms with Crippen LogP contribution in [0.25, 0.3) is 5.70 Å². The summed E-state index contributed by atoms with van der Waals surface area (Å²) in [6, 6.07) is 5.32. The molecule has 0 saturated heterocycles. The average Bonchev–Trinajstić information content (AvgIpc) is 2.17. The Kier molecular flexibility index (Phi) is 3.31. The van der Waals surface area contributed by atoms with Gasteiger partial charge in [-0.15, -0.1) is 0 Å². The Hall–Kier alpha value is -1.28. The maximum atomic E-state index is 10.6. The van der Waals surface area contributed by atoms with E-state index in [4.69, 9.17) is 11.6 Å². The van der Waals surface area contributed by atoms with Crippen molar-refractivity contribution < 1.29 is 4.79 Å². The van der Waals surface area contributed by atoms with Gasteiger partial charge in [-0.25, -0.2) is 0 Å². The zero-order chi connectivity index (χ0) is 10.7. The fourth-order valence-electron chi connectivity index (χ4n) is 1.10. The number of nitrogens with zero attached hydrogens (tertiary/aromatic N) is 1. The van der Waals surface area contributed by atoms with Gasteiger partial charge in [-0.1, -0.05) is 36.4 Å². The van der Waals surface area contributed by atoms with Crippen LogP contribution in [0.5, 0.6) is 0 Å². The summed E-state index contributed by atoms with van der Waals surface area (Å²) in [5.74, 6) is 0. The molecule has 0 spiro atoms. The SMILES string of the molecule is C=C(c1cccc(C=O)c1Cl)N(C)C. The first-order chi connectivity index (χ1) is 6.57. The molecule has 0 heterocycles. The third-order valence-electron chi connectivity index (χ3n) is 2.01. The van der Waals surface area contributed by atoms with Crippen LogP contribution in [0.4, 0.5) is 0 Å². The van der Waals surface area contributed by atoms with E-state index in [2.05, 4.69) is 6.58 Å². The Balaban J connectivity index is 3.22. The van der Waals surface area contributed by atoms with Crippen LogP contribution >= 0.6 is 11.6 Å². The van der Waals surface area contributed by atoms with Gasteiger partial charge in [-0.05, 0) is 0 Å². The topological polar surface area (TPSA) is 20.3 Å². The highest BCUT2D eigenvalue weighted by Crippen LogP contribution is 2.26. The fourth-order valence-corrected chi connectivity index (χ4v) is 1.38. The molecule has 74 valence electrons. The first-order valence-electron chi connectivity index (χ1n) is 4.18. The van der Waals surface area contributed by atoms with Crippen LogP contribution in [0.1, 0.15) is 15.9 Å². The lowest BCUT2D eigenvalue weighted by Crippen LogP contribution is -2.09. The summed E-state index contributed by atoms with van der Waals surface area (Å²) in [5.41, 5.74) is 2.08. The van der Waals surface area contributed by atoms with Crippen LogP contribution in [-0.2, 0) is 0 Å². The van der Waals surface area contributed by atoms with Gasteiger partial charge in [0.2, 0.25) is 0 Å². The van der Waals surface area contributed by atoms with Crippen LogP contribution in [0.3, 0.4) is 0 Å². The number of hydrogen-bond donors (Lipinski definition) is 0. The molecule has 0 aromatic heterocycles. The van der Waals surface area contributed by atoms with E-state index >= 15 is 0 Å². The van der Waals surface area contributed by atoms with Gasteiger partial charge >= 0.3 is 0 Å². The molecule has 0 amide bonds. The van der Waals surface area contributed by atoms with Crippen molar-refractivity contribution in [3.8, 4) is 0 Å². The average molecular weight is 210 g/mol. The standard InChI is InChI=1S/C11H12ClNO/c1-8(13(2)3)10-6-4-5-9(7-14)11(10)12/h4-7H,1H2,2-3H3. The highest BCUT2D eigenvalue weighted by atomic mass is 35.5. The van der Waals surface area contributed by atoms with E-state index in [-0.39, 0.29) is 0 Å². The number of halogens is 1. The van der Waals surface area contributed by atoms with Crippen LogP contribution in [-0.4, -0.2) is 25.3 Å². The monoisotopic (exact) mass is 209 g/mol. The molecule has 3 heteroatoms. The number of benzene rings is 1. The second-order valence-electron chi connectivity index (χ2n) is 3.17. The third kappa shape index (κ3) is 1.96. The van der Waals surface area contributed by atoms with Crippen LogP contribution in [0.15, 0.2) is 24.8 Å². The predicted molar refractivity (Wildman–Crippen MR) is 59.6 cm³/mol. The molecule has 1 aromatic rings. The minimum atomic E-state index is 0.459. The first kappa shape index (κ1) is 10.8. The Bertz CT molecular complexity index is 372. The second-order valence-corrected chi connectivity index (χ2v) is 3.55. The normalized spacial score (nSPS) is 9.64. The van der Waals surface area contributed by atoms with Crippen molar-refractivity contribution in [2.45, 2.75) is 0 Å². The number of carbonyl (C=O) groups is 1. The van der Waals surface area contributed by atoms with E-state index < -0.39 is 0 Å². The van der Waals surface area contributed by atoms with Gasteiger partial charge in [0.25, 0.3) is 0 Å². The summed E-state index contributed by atoms with van der Waals surface area (Å²) in [6.07, 6.45) is 0.745. The molecule has 0 fully saturated rings. The molecule has 0 unspecified atom stereocenters. The molecule has 0 N–H and O–H groups in total. The maximum Gasteiger partial charge on any atom is 0.151 e. The molecular formula is C11H12ClNO. The van der Waals surface area contributed by atoms with Crippen molar-refractivity contribution >= 4 is 23.6 Å². The minimum Gasteiger partial charge on any atom is -0.378 e. The third-order valence-corrected chi connectivity index (χ3v) is 2.43. The highest BCUT2D eigenvalue weighted by molar-refractivity contribution is 6.34. The van der Waals surface area contributed by atoms with E-state index in [1.807, 2.05) is 25.1 Å². The van der Waals surface area contributed by atoms with E-state index in [0.29, 0.717) is 10.6 Å². The molecule has 0 aliphatic carbocycles. The Morgan fingerprint density at radius 3 is 2.64 bits per heavy atom. The van der Waals surface area contributed by atoms with E-state index in [1.54, 1.807) is 12.1 Å². The molecule has 0 aliphatic rings. The smallest absolute Gasteiger partial charge is 0.151 e. The summed E-state index contributed by atoms with van der Waals surface area (Å²) in [6.45, 7) is 3.89. The number of carbonyl (C=O) groups excluding carboxylic acids is 1. The molecule has 14 heavy (non-hydrogen) atoms. The molecule has 0 bridgehead atoms.